The van der Waals surface area contributed by atoms with Gasteiger partial charge in [-0.25, -0.2) is 13.8 Å². The van der Waals surface area contributed by atoms with E-state index in [-0.39, 0.29) is 24.0 Å². The Morgan fingerprint density at radius 1 is 0.974 bits per heavy atom. The Morgan fingerprint density at radius 3 is 2.24 bits per heavy atom. The molecule has 0 aliphatic carbocycles. The molecule has 0 aliphatic heterocycles. The summed E-state index contributed by atoms with van der Waals surface area (Å²) in [6, 6.07) is 21.1. The normalized spacial score (nSPS) is 11.3. The summed E-state index contributed by atoms with van der Waals surface area (Å²) < 4.78 is 33.0. The zero-order chi connectivity index (χ0) is 27.5. The van der Waals surface area contributed by atoms with Crippen LogP contribution in [0.4, 0.5) is 5.69 Å². The largest absolute Gasteiger partial charge is 0.484 e. The molecule has 38 heavy (non-hydrogen) atoms. The number of nitrogens with zero attached hydrogens (tertiary/aromatic N) is 2. The lowest BCUT2D eigenvalue weighted by Gasteiger charge is -2.21. The summed E-state index contributed by atoms with van der Waals surface area (Å²) in [6.07, 6.45) is 1.38. The van der Waals surface area contributed by atoms with Gasteiger partial charge in [0, 0.05) is 19.2 Å². The summed E-state index contributed by atoms with van der Waals surface area (Å²) in [5.41, 5.74) is 9.16. The SMILES string of the molecule is CC(=O)Nc1ccc(S(=O)(=O)N(CC(=O)N/N=C\c2ccc(OCC(N)=O)cc2)Cc2ccccc2)cc1. The van der Waals surface area contributed by atoms with Crippen LogP contribution in [0.25, 0.3) is 0 Å². The molecular formula is C26H27N5O6S. The summed E-state index contributed by atoms with van der Waals surface area (Å²) in [6.45, 7) is 0.581. The maximum Gasteiger partial charge on any atom is 0.255 e. The van der Waals surface area contributed by atoms with E-state index in [4.69, 9.17) is 10.5 Å². The lowest BCUT2D eigenvalue weighted by Crippen LogP contribution is -2.39. The maximum atomic E-state index is 13.4. The molecule has 0 radical (unpaired) electrons. The third-order valence-corrected chi connectivity index (χ3v) is 6.80. The van der Waals surface area contributed by atoms with Gasteiger partial charge in [-0.3, -0.25) is 14.4 Å². The summed E-state index contributed by atoms with van der Waals surface area (Å²) in [5.74, 6) is -1.08. The van der Waals surface area contributed by atoms with E-state index in [1.807, 2.05) is 0 Å². The van der Waals surface area contributed by atoms with Gasteiger partial charge in [0.15, 0.2) is 6.61 Å². The van der Waals surface area contributed by atoms with Crippen LogP contribution in [-0.2, 0) is 31.0 Å². The van der Waals surface area contributed by atoms with E-state index in [9.17, 15) is 22.8 Å². The van der Waals surface area contributed by atoms with Crippen LogP contribution in [0.5, 0.6) is 5.75 Å². The predicted molar refractivity (Wildman–Crippen MR) is 142 cm³/mol. The maximum absolute atomic E-state index is 13.4. The highest BCUT2D eigenvalue weighted by atomic mass is 32.2. The number of carbonyl (C=O) groups excluding carboxylic acids is 3. The fourth-order valence-electron chi connectivity index (χ4n) is 3.25. The topological polar surface area (TPSA) is 160 Å². The van der Waals surface area contributed by atoms with Crippen molar-refractivity contribution in [2.45, 2.75) is 18.4 Å². The van der Waals surface area contributed by atoms with Crippen molar-refractivity contribution in [1.82, 2.24) is 9.73 Å². The van der Waals surface area contributed by atoms with Crippen molar-refractivity contribution in [1.29, 1.82) is 0 Å². The fraction of sp³-hybridized carbons (Fsp3) is 0.154. The highest BCUT2D eigenvalue weighted by molar-refractivity contribution is 7.89. The predicted octanol–water partition coefficient (Wildman–Crippen LogP) is 1.85. The Kier molecular flexibility index (Phi) is 9.68. The Morgan fingerprint density at radius 2 is 1.63 bits per heavy atom. The number of carbonyl (C=O) groups is 3. The zero-order valence-electron chi connectivity index (χ0n) is 20.5. The molecule has 0 saturated carbocycles. The third kappa shape index (κ3) is 8.54. The minimum absolute atomic E-state index is 0.0301. The molecule has 12 heteroatoms. The van der Waals surface area contributed by atoms with Gasteiger partial charge < -0.3 is 15.8 Å². The highest BCUT2D eigenvalue weighted by Crippen LogP contribution is 2.20. The molecule has 3 aromatic carbocycles. The van der Waals surface area contributed by atoms with Gasteiger partial charge >= 0.3 is 0 Å². The van der Waals surface area contributed by atoms with Gasteiger partial charge in [0.2, 0.25) is 15.9 Å². The van der Waals surface area contributed by atoms with E-state index < -0.39 is 28.4 Å². The van der Waals surface area contributed by atoms with E-state index in [1.165, 1.54) is 37.4 Å². The lowest BCUT2D eigenvalue weighted by atomic mass is 10.2. The number of hydrogen-bond donors (Lipinski definition) is 3. The van der Waals surface area contributed by atoms with E-state index in [0.29, 0.717) is 22.6 Å². The number of ether oxygens (including phenoxy) is 1. The molecule has 0 atom stereocenters. The molecule has 0 spiro atoms. The third-order valence-electron chi connectivity index (χ3n) is 5.00. The molecule has 0 bridgehead atoms. The van der Waals surface area contributed by atoms with Gasteiger partial charge in [0.05, 0.1) is 17.7 Å². The average molecular weight is 538 g/mol. The molecule has 0 heterocycles. The highest BCUT2D eigenvalue weighted by Gasteiger charge is 2.27. The second kappa shape index (κ2) is 13.1. The Hall–Kier alpha value is -4.55. The Balaban J connectivity index is 1.70. The van der Waals surface area contributed by atoms with Gasteiger partial charge in [0.1, 0.15) is 5.75 Å². The first-order valence-corrected chi connectivity index (χ1v) is 12.8. The van der Waals surface area contributed by atoms with Gasteiger partial charge in [-0.15, -0.1) is 0 Å². The van der Waals surface area contributed by atoms with Crippen molar-refractivity contribution >= 4 is 39.6 Å². The van der Waals surface area contributed by atoms with Crippen molar-refractivity contribution in [3.05, 3.63) is 90.0 Å². The molecule has 0 saturated heterocycles. The summed E-state index contributed by atoms with van der Waals surface area (Å²) >= 11 is 0. The minimum Gasteiger partial charge on any atom is -0.484 e. The number of nitrogens with two attached hydrogens (primary N) is 1. The van der Waals surface area contributed by atoms with Crippen LogP contribution in [0.15, 0.2) is 88.9 Å². The first-order chi connectivity index (χ1) is 18.1. The average Bonchev–Trinajstić information content (AvgIpc) is 2.88. The number of nitrogens with one attached hydrogen (secondary N) is 2. The van der Waals surface area contributed by atoms with Crippen LogP contribution < -0.4 is 21.2 Å². The van der Waals surface area contributed by atoms with Crippen LogP contribution in [-0.4, -0.2) is 49.8 Å². The molecule has 0 aromatic heterocycles. The molecule has 11 nitrogen and oxygen atoms in total. The molecule has 0 aliphatic rings. The van der Waals surface area contributed by atoms with Crippen molar-refractivity contribution in [3.63, 3.8) is 0 Å². The van der Waals surface area contributed by atoms with Crippen LogP contribution in [0.2, 0.25) is 0 Å². The zero-order valence-corrected chi connectivity index (χ0v) is 21.4. The van der Waals surface area contributed by atoms with Crippen LogP contribution >= 0.6 is 0 Å². The second-order valence-corrected chi connectivity index (χ2v) is 10.0. The molecule has 3 rings (SSSR count). The lowest BCUT2D eigenvalue weighted by molar-refractivity contribution is -0.121. The van der Waals surface area contributed by atoms with E-state index >= 15 is 0 Å². The number of sulfonamides is 1. The minimum atomic E-state index is -4.07. The molecule has 198 valence electrons. The smallest absolute Gasteiger partial charge is 0.255 e. The van der Waals surface area contributed by atoms with E-state index in [1.54, 1.807) is 54.6 Å². The van der Waals surface area contributed by atoms with Gasteiger partial charge in [-0.05, 0) is 59.7 Å². The second-order valence-electron chi connectivity index (χ2n) is 8.08. The number of primary amides is 1. The first kappa shape index (κ1) is 28.0. The standard InChI is InChI=1S/C26H27N5O6S/c1-19(32)29-22-9-13-24(14-10-22)38(35,36)31(16-21-5-3-2-4-6-21)17-26(34)30-28-15-20-7-11-23(12-8-20)37-18-25(27)33/h2-15H,16-18H2,1H3,(H2,27,33)(H,29,32)(H,30,34)/b28-15-. The number of anilines is 1. The van der Waals surface area contributed by atoms with Gasteiger partial charge in [-0.1, -0.05) is 30.3 Å². The van der Waals surface area contributed by atoms with Gasteiger partial charge in [-0.2, -0.15) is 9.41 Å². The van der Waals surface area contributed by atoms with Gasteiger partial charge in [0.25, 0.3) is 11.8 Å². The summed E-state index contributed by atoms with van der Waals surface area (Å²) in [4.78, 5) is 34.7. The first-order valence-electron chi connectivity index (χ1n) is 11.4. The molecule has 0 fully saturated rings. The number of hydrogen-bond acceptors (Lipinski definition) is 7. The van der Waals surface area contributed by atoms with E-state index in [2.05, 4.69) is 15.8 Å². The molecule has 3 amide bonds. The van der Waals surface area contributed by atoms with Crippen molar-refractivity contribution < 1.29 is 27.5 Å². The Bertz CT molecular complexity index is 1390. The molecule has 0 unspecified atom stereocenters. The van der Waals surface area contributed by atoms with Crippen LogP contribution in [0.1, 0.15) is 18.1 Å². The van der Waals surface area contributed by atoms with E-state index in [0.717, 1.165) is 4.31 Å². The van der Waals surface area contributed by atoms with Crippen molar-refractivity contribution in [3.8, 4) is 5.75 Å². The molecule has 3 aromatic rings. The van der Waals surface area contributed by atoms with Crippen LogP contribution in [0, 0.1) is 0 Å². The summed E-state index contributed by atoms with van der Waals surface area (Å²) in [5, 5.41) is 6.48. The monoisotopic (exact) mass is 537 g/mol. The Labute approximate surface area is 220 Å². The van der Waals surface area contributed by atoms with Crippen LogP contribution in [0.3, 0.4) is 0 Å². The number of rotatable bonds is 12. The quantitative estimate of drug-likeness (QED) is 0.236. The molecular weight excluding hydrogens is 510 g/mol. The summed E-state index contributed by atoms with van der Waals surface area (Å²) in [7, 11) is -4.07. The van der Waals surface area contributed by atoms with Crippen molar-refractivity contribution in [2.24, 2.45) is 10.8 Å². The number of amides is 3. The fourth-order valence-corrected chi connectivity index (χ4v) is 4.64. The number of benzene rings is 3. The number of hydrazone groups is 1. The van der Waals surface area contributed by atoms with Crippen molar-refractivity contribution in [2.75, 3.05) is 18.5 Å². The molecule has 4 N–H and O–H groups in total.